The summed E-state index contributed by atoms with van der Waals surface area (Å²) in [7, 11) is 0. The number of ketones is 1. The molecule has 6 heteroatoms. The van der Waals surface area contributed by atoms with Crippen molar-refractivity contribution in [1.82, 2.24) is 9.78 Å². The van der Waals surface area contributed by atoms with Crippen molar-refractivity contribution in [1.29, 1.82) is 0 Å². The highest BCUT2D eigenvalue weighted by Crippen LogP contribution is 2.12. The molecular formula is C16H17N3O3. The topological polar surface area (TPSA) is 81.1 Å². The average Bonchev–Trinajstić information content (AvgIpc) is 2.47. The summed E-state index contributed by atoms with van der Waals surface area (Å²) in [5, 5.41) is 6.72. The molecule has 0 bridgehead atoms. The Morgan fingerprint density at radius 2 is 1.91 bits per heavy atom. The second-order valence-electron chi connectivity index (χ2n) is 5.19. The highest BCUT2D eigenvalue weighted by atomic mass is 16.2. The Kier molecular flexibility index (Phi) is 4.50. The average molecular weight is 299 g/mol. The third-order valence-electron chi connectivity index (χ3n) is 3.07. The minimum atomic E-state index is -0.435. The van der Waals surface area contributed by atoms with E-state index in [0.717, 1.165) is 0 Å². The van der Waals surface area contributed by atoms with E-state index in [9.17, 15) is 14.4 Å². The molecule has 0 aliphatic heterocycles. The zero-order valence-electron chi connectivity index (χ0n) is 12.7. The van der Waals surface area contributed by atoms with Crippen LogP contribution in [-0.2, 0) is 0 Å². The summed E-state index contributed by atoms with van der Waals surface area (Å²) in [6.45, 7) is 5.08. The number of hydrogen-bond donors (Lipinski definition) is 1. The second-order valence-corrected chi connectivity index (χ2v) is 5.19. The molecule has 1 N–H and O–H groups in total. The molecular weight excluding hydrogens is 282 g/mol. The van der Waals surface area contributed by atoms with E-state index in [-0.39, 0.29) is 23.1 Å². The number of aromatic nitrogens is 2. The van der Waals surface area contributed by atoms with Gasteiger partial charge in [0.1, 0.15) is 5.69 Å². The molecule has 114 valence electrons. The fourth-order valence-corrected chi connectivity index (χ4v) is 1.93. The van der Waals surface area contributed by atoms with Gasteiger partial charge < -0.3 is 5.32 Å². The maximum Gasteiger partial charge on any atom is 0.276 e. The zero-order chi connectivity index (χ0) is 16.3. The van der Waals surface area contributed by atoms with Gasteiger partial charge in [-0.25, -0.2) is 4.68 Å². The number of amides is 1. The second kappa shape index (κ2) is 6.34. The molecule has 0 aliphatic rings. The normalized spacial score (nSPS) is 10.5. The molecule has 1 aromatic heterocycles. The molecule has 1 aromatic carbocycles. The quantitative estimate of drug-likeness (QED) is 0.878. The van der Waals surface area contributed by atoms with Crippen molar-refractivity contribution in [2.75, 3.05) is 5.32 Å². The van der Waals surface area contributed by atoms with Gasteiger partial charge in [-0.3, -0.25) is 14.4 Å². The number of hydrogen-bond acceptors (Lipinski definition) is 4. The number of carbonyl (C=O) groups is 2. The van der Waals surface area contributed by atoms with Crippen LogP contribution in [0.2, 0.25) is 0 Å². The van der Waals surface area contributed by atoms with E-state index in [0.29, 0.717) is 11.3 Å². The van der Waals surface area contributed by atoms with Crippen molar-refractivity contribution in [2.45, 2.75) is 26.8 Å². The number of Topliss-reactive ketones (excluding diaryl/α,β-unsaturated/α-hetero) is 1. The summed E-state index contributed by atoms with van der Waals surface area (Å²) >= 11 is 0. The largest absolute Gasteiger partial charge is 0.321 e. The Hall–Kier alpha value is -2.76. The maximum absolute atomic E-state index is 12.2. The van der Waals surface area contributed by atoms with E-state index in [4.69, 9.17) is 0 Å². The van der Waals surface area contributed by atoms with Gasteiger partial charge in [-0.2, -0.15) is 5.10 Å². The fourth-order valence-electron chi connectivity index (χ4n) is 1.93. The molecule has 22 heavy (non-hydrogen) atoms. The molecule has 1 heterocycles. The van der Waals surface area contributed by atoms with Crippen LogP contribution in [-0.4, -0.2) is 21.5 Å². The van der Waals surface area contributed by atoms with Crippen molar-refractivity contribution in [3.8, 4) is 0 Å². The molecule has 0 spiro atoms. The van der Waals surface area contributed by atoms with E-state index in [1.165, 1.54) is 23.7 Å². The molecule has 0 saturated carbocycles. The third kappa shape index (κ3) is 3.46. The molecule has 2 aromatic rings. The molecule has 0 radical (unpaired) electrons. The number of nitrogens with zero attached hydrogens (tertiary/aromatic N) is 2. The zero-order valence-corrected chi connectivity index (χ0v) is 12.7. The standard InChI is InChI=1S/C16H17N3O3/c1-10(2)19-15(21)8-7-14(18-19)16(22)17-13-6-4-5-12(9-13)11(3)20/h4-10H,1-3H3,(H,17,22). The summed E-state index contributed by atoms with van der Waals surface area (Å²) in [6.07, 6.45) is 0. The Labute approximate surface area is 127 Å². The van der Waals surface area contributed by atoms with Crippen LogP contribution in [0, 0.1) is 0 Å². The van der Waals surface area contributed by atoms with Crippen LogP contribution in [0.4, 0.5) is 5.69 Å². The highest BCUT2D eigenvalue weighted by Gasteiger charge is 2.12. The molecule has 0 unspecified atom stereocenters. The van der Waals surface area contributed by atoms with Crippen LogP contribution < -0.4 is 10.9 Å². The van der Waals surface area contributed by atoms with Gasteiger partial charge in [-0.05, 0) is 39.0 Å². The van der Waals surface area contributed by atoms with Gasteiger partial charge in [0.15, 0.2) is 5.78 Å². The van der Waals surface area contributed by atoms with Gasteiger partial charge in [-0.1, -0.05) is 12.1 Å². The lowest BCUT2D eigenvalue weighted by Gasteiger charge is -2.10. The molecule has 0 atom stereocenters. The van der Waals surface area contributed by atoms with Crippen molar-refractivity contribution in [3.63, 3.8) is 0 Å². The van der Waals surface area contributed by atoms with Gasteiger partial charge in [0.25, 0.3) is 11.5 Å². The van der Waals surface area contributed by atoms with Crippen molar-refractivity contribution in [3.05, 3.63) is 58.0 Å². The molecule has 0 aliphatic carbocycles. The summed E-state index contributed by atoms with van der Waals surface area (Å²) in [5.41, 5.74) is 0.895. The minimum Gasteiger partial charge on any atom is -0.321 e. The van der Waals surface area contributed by atoms with Crippen molar-refractivity contribution in [2.24, 2.45) is 0 Å². The Bertz CT molecular complexity index is 778. The summed E-state index contributed by atoms with van der Waals surface area (Å²) in [6, 6.07) is 9.20. The van der Waals surface area contributed by atoms with Crippen LogP contribution in [0.5, 0.6) is 0 Å². The van der Waals surface area contributed by atoms with Crippen LogP contribution in [0.15, 0.2) is 41.2 Å². The van der Waals surface area contributed by atoms with Gasteiger partial charge in [-0.15, -0.1) is 0 Å². The number of nitrogens with one attached hydrogen (secondary N) is 1. The smallest absolute Gasteiger partial charge is 0.276 e. The lowest BCUT2D eigenvalue weighted by atomic mass is 10.1. The fraction of sp³-hybridized carbons (Fsp3) is 0.250. The minimum absolute atomic E-state index is 0.0809. The van der Waals surface area contributed by atoms with Crippen LogP contribution in [0.3, 0.4) is 0 Å². The predicted octanol–water partition coefficient (Wildman–Crippen LogP) is 2.28. The monoisotopic (exact) mass is 299 g/mol. The Morgan fingerprint density at radius 3 is 2.55 bits per heavy atom. The van der Waals surface area contributed by atoms with Gasteiger partial charge >= 0.3 is 0 Å². The van der Waals surface area contributed by atoms with E-state index >= 15 is 0 Å². The van der Waals surface area contributed by atoms with Gasteiger partial charge in [0.05, 0.1) is 6.04 Å². The molecule has 6 nitrogen and oxygen atoms in total. The summed E-state index contributed by atoms with van der Waals surface area (Å²) in [5.74, 6) is -0.516. The number of rotatable bonds is 4. The summed E-state index contributed by atoms with van der Waals surface area (Å²) in [4.78, 5) is 35.2. The number of benzene rings is 1. The lowest BCUT2D eigenvalue weighted by Crippen LogP contribution is -2.27. The first-order chi connectivity index (χ1) is 10.4. The highest BCUT2D eigenvalue weighted by molar-refractivity contribution is 6.03. The lowest BCUT2D eigenvalue weighted by molar-refractivity contribution is 0.100. The van der Waals surface area contributed by atoms with Crippen molar-refractivity contribution < 1.29 is 9.59 Å². The predicted molar refractivity (Wildman–Crippen MR) is 83.3 cm³/mol. The van der Waals surface area contributed by atoms with Crippen LogP contribution >= 0.6 is 0 Å². The SMILES string of the molecule is CC(=O)c1cccc(NC(=O)c2ccc(=O)n(C(C)C)n2)c1. The molecule has 1 amide bonds. The van der Waals surface area contributed by atoms with Crippen molar-refractivity contribution >= 4 is 17.4 Å². The Morgan fingerprint density at radius 1 is 1.18 bits per heavy atom. The van der Waals surface area contributed by atoms with Crippen LogP contribution in [0.25, 0.3) is 0 Å². The molecule has 2 rings (SSSR count). The maximum atomic E-state index is 12.2. The first-order valence-corrected chi connectivity index (χ1v) is 6.90. The third-order valence-corrected chi connectivity index (χ3v) is 3.07. The van der Waals surface area contributed by atoms with E-state index in [1.807, 2.05) is 13.8 Å². The summed E-state index contributed by atoms with van der Waals surface area (Å²) < 4.78 is 1.25. The molecule has 0 saturated heterocycles. The first-order valence-electron chi connectivity index (χ1n) is 6.90. The van der Waals surface area contributed by atoms with E-state index in [2.05, 4.69) is 10.4 Å². The van der Waals surface area contributed by atoms with Gasteiger partial charge in [0, 0.05) is 17.3 Å². The number of carbonyl (C=O) groups excluding carboxylic acids is 2. The Balaban J connectivity index is 2.26. The van der Waals surface area contributed by atoms with Crippen LogP contribution in [0.1, 0.15) is 47.7 Å². The van der Waals surface area contributed by atoms with Gasteiger partial charge in [0.2, 0.25) is 0 Å². The van der Waals surface area contributed by atoms with E-state index in [1.54, 1.807) is 24.3 Å². The van der Waals surface area contributed by atoms with E-state index < -0.39 is 5.91 Å². The molecule has 0 fully saturated rings. The first kappa shape index (κ1) is 15.6. The number of anilines is 1.